The van der Waals surface area contributed by atoms with Crippen molar-refractivity contribution >= 4 is 28.3 Å². The molecule has 0 spiro atoms. The van der Waals surface area contributed by atoms with Crippen molar-refractivity contribution in [2.24, 2.45) is 0 Å². The number of nitrogens with two attached hydrogens (primary N) is 1. The van der Waals surface area contributed by atoms with Gasteiger partial charge in [0.25, 0.3) is 5.91 Å². The number of aryl methyl sites for hydroxylation is 1. The molecular weight excluding hydrogens is 264 g/mol. The van der Waals surface area contributed by atoms with E-state index in [1.54, 1.807) is 18.2 Å². The smallest absolute Gasteiger partial charge is 0.291 e. The molecule has 0 fully saturated rings. The first-order valence-corrected chi connectivity index (χ1v) is 6.71. The maximum Gasteiger partial charge on any atom is 0.291 e. The molecule has 3 rings (SSSR count). The molecule has 1 amide bonds. The van der Waals surface area contributed by atoms with Gasteiger partial charge in [0, 0.05) is 16.8 Å². The number of rotatable bonds is 2. The van der Waals surface area contributed by atoms with E-state index in [0.29, 0.717) is 17.0 Å². The van der Waals surface area contributed by atoms with Crippen molar-refractivity contribution in [1.29, 1.82) is 0 Å². The lowest BCUT2D eigenvalue weighted by Gasteiger charge is -2.08. The molecule has 4 heteroatoms. The number of amides is 1. The van der Waals surface area contributed by atoms with Crippen LogP contribution in [0.15, 0.2) is 46.9 Å². The highest BCUT2D eigenvalue weighted by atomic mass is 16.3. The number of furan rings is 1. The quantitative estimate of drug-likeness (QED) is 0.700. The zero-order valence-corrected chi connectivity index (χ0v) is 11.9. The van der Waals surface area contributed by atoms with Crippen molar-refractivity contribution < 1.29 is 9.21 Å². The predicted molar refractivity (Wildman–Crippen MR) is 84.5 cm³/mol. The van der Waals surface area contributed by atoms with Crippen LogP contribution in [-0.2, 0) is 0 Å². The zero-order chi connectivity index (χ0) is 15.0. The first-order chi connectivity index (χ1) is 10.0. The lowest BCUT2D eigenvalue weighted by molar-refractivity contribution is 0.0998. The third-order valence-electron chi connectivity index (χ3n) is 3.52. The van der Waals surface area contributed by atoms with Gasteiger partial charge in [-0.2, -0.15) is 0 Å². The number of carbonyl (C=O) groups is 1. The van der Waals surface area contributed by atoms with Crippen LogP contribution in [0.5, 0.6) is 0 Å². The maximum absolute atomic E-state index is 12.3. The molecule has 0 saturated heterocycles. The predicted octanol–water partition coefficient (Wildman–Crippen LogP) is 3.88. The largest absolute Gasteiger partial charge is 0.451 e. The molecule has 1 heterocycles. The van der Waals surface area contributed by atoms with Crippen LogP contribution in [-0.4, -0.2) is 5.91 Å². The molecule has 0 aliphatic rings. The summed E-state index contributed by atoms with van der Waals surface area (Å²) in [5.74, 6) is 0.00924. The Kier molecular flexibility index (Phi) is 3.14. The van der Waals surface area contributed by atoms with Crippen LogP contribution in [0.4, 0.5) is 11.4 Å². The Morgan fingerprint density at radius 3 is 2.76 bits per heavy atom. The third-order valence-corrected chi connectivity index (χ3v) is 3.52. The van der Waals surface area contributed by atoms with Gasteiger partial charge in [0.1, 0.15) is 5.58 Å². The molecule has 0 radical (unpaired) electrons. The summed E-state index contributed by atoms with van der Waals surface area (Å²) in [4.78, 5) is 12.3. The summed E-state index contributed by atoms with van der Waals surface area (Å²) < 4.78 is 5.58. The zero-order valence-electron chi connectivity index (χ0n) is 11.9. The molecule has 4 nitrogen and oxygen atoms in total. The second-order valence-corrected chi connectivity index (χ2v) is 5.13. The lowest BCUT2D eigenvalue weighted by atomic mass is 10.1. The summed E-state index contributed by atoms with van der Waals surface area (Å²) >= 11 is 0. The van der Waals surface area contributed by atoms with Crippen molar-refractivity contribution in [2.45, 2.75) is 13.8 Å². The molecule has 3 aromatic rings. The number of nitrogens with one attached hydrogen (secondary N) is 1. The van der Waals surface area contributed by atoms with E-state index in [9.17, 15) is 4.79 Å². The second kappa shape index (κ2) is 4.98. The number of fused-ring (bicyclic) bond motifs is 1. The third kappa shape index (κ3) is 2.48. The Morgan fingerprint density at radius 1 is 1.14 bits per heavy atom. The Bertz CT molecular complexity index is 834. The number of hydrogen-bond acceptors (Lipinski definition) is 3. The average molecular weight is 280 g/mol. The fourth-order valence-electron chi connectivity index (χ4n) is 2.25. The van der Waals surface area contributed by atoms with Gasteiger partial charge in [0.15, 0.2) is 5.76 Å². The summed E-state index contributed by atoms with van der Waals surface area (Å²) in [6, 6.07) is 13.0. The van der Waals surface area contributed by atoms with E-state index in [0.717, 1.165) is 16.5 Å². The van der Waals surface area contributed by atoms with Crippen LogP contribution in [0.2, 0.25) is 0 Å². The van der Waals surface area contributed by atoms with Crippen molar-refractivity contribution in [3.8, 4) is 0 Å². The van der Waals surface area contributed by atoms with E-state index in [-0.39, 0.29) is 11.7 Å². The van der Waals surface area contributed by atoms with Gasteiger partial charge in [-0.1, -0.05) is 17.7 Å². The van der Waals surface area contributed by atoms with Crippen LogP contribution in [0, 0.1) is 13.8 Å². The topological polar surface area (TPSA) is 68.3 Å². The summed E-state index contributed by atoms with van der Waals surface area (Å²) in [5.41, 5.74) is 9.85. The van der Waals surface area contributed by atoms with Gasteiger partial charge < -0.3 is 15.5 Å². The minimum absolute atomic E-state index is 0.280. The first-order valence-electron chi connectivity index (χ1n) is 6.71. The van der Waals surface area contributed by atoms with Crippen LogP contribution >= 0.6 is 0 Å². The van der Waals surface area contributed by atoms with Crippen molar-refractivity contribution in [1.82, 2.24) is 0 Å². The van der Waals surface area contributed by atoms with Crippen LogP contribution in [0.1, 0.15) is 21.7 Å². The van der Waals surface area contributed by atoms with Gasteiger partial charge in [0.05, 0.1) is 0 Å². The molecule has 0 atom stereocenters. The lowest BCUT2D eigenvalue weighted by Crippen LogP contribution is -2.12. The number of nitrogen functional groups attached to an aromatic ring is 1. The van der Waals surface area contributed by atoms with E-state index < -0.39 is 0 Å². The normalized spacial score (nSPS) is 10.8. The van der Waals surface area contributed by atoms with Crippen LogP contribution in [0.25, 0.3) is 11.0 Å². The highest BCUT2D eigenvalue weighted by Crippen LogP contribution is 2.24. The Balaban J connectivity index is 1.91. The number of benzene rings is 2. The monoisotopic (exact) mass is 280 g/mol. The van der Waals surface area contributed by atoms with E-state index in [1.165, 1.54) is 0 Å². The van der Waals surface area contributed by atoms with E-state index in [1.807, 2.05) is 38.1 Å². The summed E-state index contributed by atoms with van der Waals surface area (Å²) in [5, 5.41) is 3.75. The molecule has 3 N–H and O–H groups in total. The fourth-order valence-corrected chi connectivity index (χ4v) is 2.25. The molecule has 21 heavy (non-hydrogen) atoms. The van der Waals surface area contributed by atoms with Gasteiger partial charge in [0.2, 0.25) is 0 Å². The number of carbonyl (C=O) groups excluding carboxylic acids is 1. The van der Waals surface area contributed by atoms with Crippen molar-refractivity contribution in [3.63, 3.8) is 0 Å². The van der Waals surface area contributed by atoms with E-state index >= 15 is 0 Å². The summed E-state index contributed by atoms with van der Waals surface area (Å²) in [6.45, 7) is 3.87. The highest BCUT2D eigenvalue weighted by molar-refractivity contribution is 6.05. The van der Waals surface area contributed by atoms with Crippen LogP contribution in [0.3, 0.4) is 0 Å². The Hall–Kier alpha value is -2.75. The van der Waals surface area contributed by atoms with Gasteiger partial charge in [-0.3, -0.25) is 4.79 Å². The Labute approximate surface area is 122 Å². The van der Waals surface area contributed by atoms with Gasteiger partial charge in [-0.05, 0) is 49.7 Å². The highest BCUT2D eigenvalue weighted by Gasteiger charge is 2.14. The number of hydrogen-bond donors (Lipinski definition) is 2. The minimum atomic E-state index is -0.280. The van der Waals surface area contributed by atoms with E-state index in [2.05, 4.69) is 5.32 Å². The van der Waals surface area contributed by atoms with Gasteiger partial charge >= 0.3 is 0 Å². The maximum atomic E-state index is 12.3. The molecule has 0 saturated carbocycles. The molecule has 106 valence electrons. The average Bonchev–Trinajstić information content (AvgIpc) is 2.87. The number of anilines is 2. The van der Waals surface area contributed by atoms with E-state index in [4.69, 9.17) is 10.2 Å². The second-order valence-electron chi connectivity index (χ2n) is 5.13. The minimum Gasteiger partial charge on any atom is -0.451 e. The SMILES string of the molecule is Cc1ccc2oc(C(=O)Nc3cccc(N)c3C)cc2c1. The molecule has 0 aliphatic carbocycles. The van der Waals surface area contributed by atoms with Gasteiger partial charge in [-0.25, -0.2) is 0 Å². The molecule has 0 bridgehead atoms. The standard InChI is InChI=1S/C17H16N2O2/c1-10-6-7-15-12(8-10)9-16(21-15)17(20)19-14-5-3-4-13(18)11(14)2/h3-9H,18H2,1-2H3,(H,19,20). The molecule has 0 unspecified atom stereocenters. The molecular formula is C17H16N2O2. The van der Waals surface area contributed by atoms with Crippen molar-refractivity contribution in [3.05, 3.63) is 59.4 Å². The van der Waals surface area contributed by atoms with Gasteiger partial charge in [-0.15, -0.1) is 0 Å². The summed E-state index contributed by atoms with van der Waals surface area (Å²) in [7, 11) is 0. The molecule has 0 aliphatic heterocycles. The first kappa shape index (κ1) is 13.2. The molecule has 1 aromatic heterocycles. The summed E-state index contributed by atoms with van der Waals surface area (Å²) in [6.07, 6.45) is 0. The van der Waals surface area contributed by atoms with Crippen LogP contribution < -0.4 is 11.1 Å². The molecule has 2 aromatic carbocycles. The Morgan fingerprint density at radius 2 is 1.95 bits per heavy atom. The fraction of sp³-hybridized carbons (Fsp3) is 0.118. The van der Waals surface area contributed by atoms with Crippen molar-refractivity contribution in [2.75, 3.05) is 11.1 Å².